The number of pyridine rings is 1. The fraction of sp³-hybridized carbons (Fsp3) is 0.367. The van der Waals surface area contributed by atoms with Crippen molar-refractivity contribution in [3.05, 3.63) is 93.9 Å². The summed E-state index contributed by atoms with van der Waals surface area (Å²) in [6.07, 6.45) is 0.832. The van der Waals surface area contributed by atoms with E-state index in [1.165, 1.54) is 5.56 Å². The normalized spacial score (nSPS) is 15.5. The van der Waals surface area contributed by atoms with Crippen molar-refractivity contribution in [3.8, 4) is 0 Å². The minimum atomic E-state index is 0.573. The van der Waals surface area contributed by atoms with Crippen molar-refractivity contribution in [2.45, 2.75) is 40.3 Å². The zero-order chi connectivity index (χ0) is 25.9. The molecule has 4 aromatic rings. The monoisotopic (exact) mass is 496 g/mol. The van der Waals surface area contributed by atoms with E-state index in [1.54, 1.807) is 0 Å². The Morgan fingerprint density at radius 2 is 1.65 bits per heavy atom. The molecule has 2 aromatic heterocycles. The highest BCUT2D eigenvalue weighted by molar-refractivity contribution is 6.12. The number of hydrogen-bond donors (Lipinski definition) is 1. The van der Waals surface area contributed by atoms with Crippen LogP contribution in [0.2, 0.25) is 0 Å². The van der Waals surface area contributed by atoms with Crippen LogP contribution in [0.25, 0.3) is 11.2 Å². The molecular weight excluding hydrogens is 460 g/mol. The number of oxime groups is 1. The molecule has 3 heterocycles. The van der Waals surface area contributed by atoms with Crippen molar-refractivity contribution in [2.75, 3.05) is 33.2 Å². The lowest BCUT2D eigenvalue weighted by Crippen LogP contribution is -2.43. The predicted molar refractivity (Wildman–Crippen MR) is 149 cm³/mol. The number of rotatable bonds is 7. The Morgan fingerprint density at radius 1 is 0.892 bits per heavy atom. The molecule has 0 saturated carbocycles. The molecule has 5 rings (SSSR count). The lowest BCUT2D eigenvalue weighted by Gasteiger charge is -2.32. The maximum Gasteiger partial charge on any atom is 0.160 e. The molecule has 1 saturated heterocycles. The van der Waals surface area contributed by atoms with Crippen LogP contribution in [-0.2, 0) is 19.5 Å². The van der Waals surface area contributed by atoms with Gasteiger partial charge in [-0.1, -0.05) is 54.5 Å². The van der Waals surface area contributed by atoms with Gasteiger partial charge in [0, 0.05) is 56.0 Å². The highest BCUT2D eigenvalue weighted by Crippen LogP contribution is 2.22. The maximum atomic E-state index is 9.97. The van der Waals surface area contributed by atoms with Gasteiger partial charge in [0.25, 0.3) is 0 Å². The number of nitrogens with zero attached hydrogens (tertiary/aromatic N) is 6. The second-order valence-corrected chi connectivity index (χ2v) is 10.1. The predicted octanol–water partition coefficient (Wildman–Crippen LogP) is 4.63. The lowest BCUT2D eigenvalue weighted by atomic mass is 9.99. The fourth-order valence-corrected chi connectivity index (χ4v) is 5.20. The molecule has 0 amide bonds. The number of fused-ring (bicyclic) bond motifs is 1. The molecule has 1 aliphatic heterocycles. The van der Waals surface area contributed by atoms with Crippen LogP contribution in [0, 0.1) is 13.8 Å². The average Bonchev–Trinajstić information content (AvgIpc) is 3.24. The third-order valence-corrected chi connectivity index (χ3v) is 7.29. The number of aryl methyl sites for hydroxylation is 3. The summed E-state index contributed by atoms with van der Waals surface area (Å²) in [6, 6.07) is 18.7. The van der Waals surface area contributed by atoms with Crippen LogP contribution in [0.1, 0.15) is 46.3 Å². The zero-order valence-electron chi connectivity index (χ0n) is 22.3. The van der Waals surface area contributed by atoms with E-state index in [1.807, 2.05) is 19.1 Å². The molecule has 7 heteroatoms. The summed E-state index contributed by atoms with van der Waals surface area (Å²) >= 11 is 0. The topological polar surface area (TPSA) is 69.8 Å². The molecule has 192 valence electrons. The van der Waals surface area contributed by atoms with Crippen LogP contribution >= 0.6 is 0 Å². The Morgan fingerprint density at radius 3 is 2.35 bits per heavy atom. The van der Waals surface area contributed by atoms with Crippen molar-refractivity contribution in [1.82, 2.24) is 24.3 Å². The Hall–Kier alpha value is -3.55. The molecule has 1 aliphatic rings. The first-order valence-electron chi connectivity index (χ1n) is 13.1. The third-order valence-electron chi connectivity index (χ3n) is 7.29. The highest BCUT2D eigenvalue weighted by atomic mass is 16.4. The number of likely N-dealkylation sites (N-methyl/N-ethyl adjacent to an activating group) is 1. The van der Waals surface area contributed by atoms with Crippen LogP contribution in [0.15, 0.2) is 59.8 Å². The first-order valence-corrected chi connectivity index (χ1v) is 13.1. The van der Waals surface area contributed by atoms with E-state index in [0.29, 0.717) is 12.3 Å². The SMILES string of the molecule is CCc1nc2c(C)cc(C)nc2n1Cc1cccc(/C(=N/O)c2ccc(CN3CCN(C)CC3)cc2)c1. The van der Waals surface area contributed by atoms with Gasteiger partial charge >= 0.3 is 0 Å². The van der Waals surface area contributed by atoms with Gasteiger partial charge in [-0.25, -0.2) is 9.97 Å². The summed E-state index contributed by atoms with van der Waals surface area (Å²) in [7, 11) is 2.18. The smallest absolute Gasteiger partial charge is 0.160 e. The molecule has 37 heavy (non-hydrogen) atoms. The molecule has 2 aromatic carbocycles. The molecule has 1 fully saturated rings. The largest absolute Gasteiger partial charge is 0.410 e. The lowest BCUT2D eigenvalue weighted by molar-refractivity contribution is 0.148. The Balaban J connectivity index is 1.37. The molecule has 0 bridgehead atoms. The van der Waals surface area contributed by atoms with Gasteiger partial charge in [0.2, 0.25) is 0 Å². The van der Waals surface area contributed by atoms with Gasteiger partial charge in [-0.2, -0.15) is 0 Å². The van der Waals surface area contributed by atoms with Crippen molar-refractivity contribution < 1.29 is 5.21 Å². The summed E-state index contributed by atoms with van der Waals surface area (Å²) in [5, 5.41) is 13.7. The van der Waals surface area contributed by atoms with Gasteiger partial charge in [0.1, 0.15) is 17.1 Å². The van der Waals surface area contributed by atoms with Gasteiger partial charge in [-0.05, 0) is 49.7 Å². The number of piperazine rings is 1. The molecule has 0 aliphatic carbocycles. The van der Waals surface area contributed by atoms with Crippen LogP contribution in [0.5, 0.6) is 0 Å². The molecule has 0 atom stereocenters. The molecule has 7 nitrogen and oxygen atoms in total. The Kier molecular flexibility index (Phi) is 7.35. The molecule has 1 N–H and O–H groups in total. The second kappa shape index (κ2) is 10.8. The summed E-state index contributed by atoms with van der Waals surface area (Å²) in [4.78, 5) is 14.5. The van der Waals surface area contributed by atoms with Crippen LogP contribution in [-0.4, -0.2) is 68.5 Å². The van der Waals surface area contributed by atoms with Crippen LogP contribution in [0.3, 0.4) is 0 Å². The van der Waals surface area contributed by atoms with Gasteiger partial charge in [-0.3, -0.25) is 4.90 Å². The molecular formula is C30H36N6O. The van der Waals surface area contributed by atoms with Crippen molar-refractivity contribution >= 4 is 16.9 Å². The highest BCUT2D eigenvalue weighted by Gasteiger charge is 2.16. The quantitative estimate of drug-likeness (QED) is 0.229. The summed E-state index contributed by atoms with van der Waals surface area (Å²) in [5.74, 6) is 1.02. The van der Waals surface area contributed by atoms with Crippen LogP contribution < -0.4 is 0 Å². The number of imidazole rings is 1. The van der Waals surface area contributed by atoms with Crippen molar-refractivity contribution in [1.29, 1.82) is 0 Å². The first kappa shape index (κ1) is 25.1. The summed E-state index contributed by atoms with van der Waals surface area (Å²) in [6.45, 7) is 12.3. The second-order valence-electron chi connectivity index (χ2n) is 10.1. The fourth-order valence-electron chi connectivity index (χ4n) is 5.20. The van der Waals surface area contributed by atoms with Crippen molar-refractivity contribution in [2.24, 2.45) is 5.16 Å². The number of hydrogen-bond acceptors (Lipinski definition) is 6. The molecule has 0 spiro atoms. The minimum absolute atomic E-state index is 0.573. The third kappa shape index (κ3) is 5.43. The van der Waals surface area contributed by atoms with Gasteiger partial charge in [0.15, 0.2) is 5.65 Å². The summed E-state index contributed by atoms with van der Waals surface area (Å²) < 4.78 is 2.21. The van der Waals surface area contributed by atoms with E-state index < -0.39 is 0 Å². The van der Waals surface area contributed by atoms with E-state index in [9.17, 15) is 5.21 Å². The van der Waals surface area contributed by atoms with E-state index in [4.69, 9.17) is 9.97 Å². The maximum absolute atomic E-state index is 9.97. The number of benzene rings is 2. The first-order chi connectivity index (χ1) is 17.9. The van der Waals surface area contributed by atoms with Gasteiger partial charge in [0.05, 0.1) is 6.54 Å². The average molecular weight is 497 g/mol. The van der Waals surface area contributed by atoms with E-state index in [2.05, 4.69) is 82.9 Å². The van der Waals surface area contributed by atoms with Crippen molar-refractivity contribution in [3.63, 3.8) is 0 Å². The molecule has 0 unspecified atom stereocenters. The van der Waals surface area contributed by atoms with E-state index >= 15 is 0 Å². The Labute approximate surface area is 219 Å². The Bertz CT molecular complexity index is 1410. The van der Waals surface area contributed by atoms with Crippen LogP contribution in [0.4, 0.5) is 0 Å². The van der Waals surface area contributed by atoms with E-state index in [0.717, 1.165) is 84.1 Å². The van der Waals surface area contributed by atoms with Gasteiger partial charge in [-0.15, -0.1) is 0 Å². The van der Waals surface area contributed by atoms with Gasteiger partial charge < -0.3 is 14.7 Å². The molecule has 0 radical (unpaired) electrons. The summed E-state index contributed by atoms with van der Waals surface area (Å²) in [5.41, 5.74) is 8.77. The van der Waals surface area contributed by atoms with E-state index in [-0.39, 0.29) is 0 Å². The minimum Gasteiger partial charge on any atom is -0.410 e. The standard InChI is InChI=1S/C30H36N6O/c1-5-27-32-28-21(2)17-22(3)31-30(28)36(27)20-24-7-6-8-26(18-24)29(33-37)25-11-9-23(10-12-25)19-35-15-13-34(4)14-16-35/h6-12,17-18,37H,5,13-16,19-20H2,1-4H3/b33-29+. The zero-order valence-corrected chi connectivity index (χ0v) is 22.3. The number of aromatic nitrogens is 3.